The van der Waals surface area contributed by atoms with Gasteiger partial charge in [0, 0.05) is 5.39 Å². The largest absolute Gasteiger partial charge is 0.493 e. The van der Waals surface area contributed by atoms with Gasteiger partial charge in [-0.3, -0.25) is 0 Å². The summed E-state index contributed by atoms with van der Waals surface area (Å²) in [7, 11) is 1.70. The third-order valence-electron chi connectivity index (χ3n) is 3.57. The van der Waals surface area contributed by atoms with Crippen molar-refractivity contribution < 1.29 is 9.15 Å². The third-order valence-corrected chi connectivity index (χ3v) is 3.57. The van der Waals surface area contributed by atoms with Gasteiger partial charge in [0.05, 0.1) is 13.4 Å². The highest BCUT2D eigenvalue weighted by Crippen LogP contribution is 2.34. The topological polar surface area (TPSA) is 34.4 Å². The summed E-state index contributed by atoms with van der Waals surface area (Å²) in [6, 6.07) is 6.36. The van der Waals surface area contributed by atoms with Gasteiger partial charge in [0.1, 0.15) is 0 Å². The number of benzene rings is 1. The van der Waals surface area contributed by atoms with Crippen molar-refractivity contribution in [3.8, 4) is 5.75 Å². The third kappa shape index (κ3) is 1.91. The molecule has 1 fully saturated rings. The molecular formula is C14H17NO2. The van der Waals surface area contributed by atoms with Gasteiger partial charge in [-0.15, -0.1) is 0 Å². The van der Waals surface area contributed by atoms with E-state index >= 15 is 0 Å². The van der Waals surface area contributed by atoms with Crippen molar-refractivity contribution in [2.24, 2.45) is 0 Å². The van der Waals surface area contributed by atoms with E-state index in [0.717, 1.165) is 29.8 Å². The van der Waals surface area contributed by atoms with Crippen LogP contribution >= 0.6 is 0 Å². The lowest BCUT2D eigenvalue weighted by molar-refractivity contribution is 0.407. The first-order valence-electron chi connectivity index (χ1n) is 6.14. The molecule has 1 aromatic carbocycles. The van der Waals surface area contributed by atoms with Crippen molar-refractivity contribution >= 4 is 11.0 Å². The summed E-state index contributed by atoms with van der Waals surface area (Å²) >= 11 is 0. The fourth-order valence-electron chi connectivity index (χ4n) is 2.61. The fraction of sp³-hybridized carbons (Fsp3) is 0.429. The normalized spacial score (nSPS) is 17.5. The van der Waals surface area contributed by atoms with E-state index in [2.05, 4.69) is 17.4 Å². The van der Waals surface area contributed by atoms with Gasteiger partial charge in [-0.1, -0.05) is 0 Å². The zero-order chi connectivity index (χ0) is 11.7. The molecule has 2 heterocycles. The Morgan fingerprint density at radius 3 is 2.88 bits per heavy atom. The summed E-state index contributed by atoms with van der Waals surface area (Å²) in [6.45, 7) is 2.22. The standard InChI is InChI=1S/C14H17NO2/c1-16-13-9-12(10-2-5-15-6-3-10)8-11-4-7-17-14(11)13/h4,7-10,15H,2-3,5-6H2,1H3. The molecule has 0 amide bonds. The van der Waals surface area contributed by atoms with Crippen LogP contribution in [0.3, 0.4) is 0 Å². The second-order valence-corrected chi connectivity index (χ2v) is 4.59. The highest BCUT2D eigenvalue weighted by Gasteiger charge is 2.17. The van der Waals surface area contributed by atoms with E-state index in [1.807, 2.05) is 6.07 Å². The summed E-state index contributed by atoms with van der Waals surface area (Å²) < 4.78 is 10.9. The fourth-order valence-corrected chi connectivity index (χ4v) is 2.61. The second kappa shape index (κ2) is 4.41. The quantitative estimate of drug-likeness (QED) is 0.863. The number of ether oxygens (including phenoxy) is 1. The number of nitrogens with one attached hydrogen (secondary N) is 1. The van der Waals surface area contributed by atoms with Crippen molar-refractivity contribution in [1.82, 2.24) is 5.32 Å². The Labute approximate surface area is 101 Å². The predicted molar refractivity (Wildman–Crippen MR) is 67.6 cm³/mol. The average molecular weight is 231 g/mol. The molecule has 90 valence electrons. The minimum Gasteiger partial charge on any atom is -0.493 e. The molecule has 0 spiro atoms. The predicted octanol–water partition coefficient (Wildman–Crippen LogP) is 2.91. The summed E-state index contributed by atoms with van der Waals surface area (Å²) in [5.74, 6) is 1.49. The highest BCUT2D eigenvalue weighted by atomic mass is 16.5. The Kier molecular flexibility index (Phi) is 2.77. The molecule has 0 aliphatic carbocycles. The first kappa shape index (κ1) is 10.7. The molecule has 0 atom stereocenters. The maximum Gasteiger partial charge on any atom is 0.175 e. The van der Waals surface area contributed by atoms with E-state index in [9.17, 15) is 0 Å². The van der Waals surface area contributed by atoms with Crippen LogP contribution in [0.5, 0.6) is 5.75 Å². The monoisotopic (exact) mass is 231 g/mol. The molecule has 3 heteroatoms. The molecule has 0 bridgehead atoms. The van der Waals surface area contributed by atoms with Gasteiger partial charge in [0.2, 0.25) is 0 Å². The highest BCUT2D eigenvalue weighted by molar-refractivity contribution is 5.84. The van der Waals surface area contributed by atoms with Crippen molar-refractivity contribution in [2.45, 2.75) is 18.8 Å². The van der Waals surface area contributed by atoms with Crippen LogP contribution in [0.2, 0.25) is 0 Å². The second-order valence-electron chi connectivity index (χ2n) is 4.59. The van der Waals surface area contributed by atoms with Crippen LogP contribution < -0.4 is 10.1 Å². The van der Waals surface area contributed by atoms with Crippen LogP contribution in [0.4, 0.5) is 0 Å². The van der Waals surface area contributed by atoms with Crippen molar-refractivity contribution in [3.05, 3.63) is 30.0 Å². The van der Waals surface area contributed by atoms with E-state index in [1.165, 1.54) is 18.4 Å². The van der Waals surface area contributed by atoms with E-state index in [0.29, 0.717) is 5.92 Å². The van der Waals surface area contributed by atoms with Gasteiger partial charge in [0.15, 0.2) is 11.3 Å². The van der Waals surface area contributed by atoms with Crippen LogP contribution in [-0.2, 0) is 0 Å². The van der Waals surface area contributed by atoms with Crippen LogP contribution in [0.1, 0.15) is 24.3 Å². The number of methoxy groups -OCH3 is 1. The zero-order valence-corrected chi connectivity index (χ0v) is 10.0. The molecule has 0 saturated carbocycles. The molecule has 0 radical (unpaired) electrons. The van der Waals surface area contributed by atoms with Gasteiger partial charge in [-0.05, 0) is 55.6 Å². The smallest absolute Gasteiger partial charge is 0.175 e. The van der Waals surface area contributed by atoms with Crippen LogP contribution in [-0.4, -0.2) is 20.2 Å². The van der Waals surface area contributed by atoms with Crippen molar-refractivity contribution in [1.29, 1.82) is 0 Å². The Bertz CT molecular complexity index is 512. The molecule has 1 aromatic heterocycles. The van der Waals surface area contributed by atoms with E-state index < -0.39 is 0 Å². The molecule has 1 N–H and O–H groups in total. The first-order chi connectivity index (χ1) is 8.38. The molecule has 2 aromatic rings. The lowest BCUT2D eigenvalue weighted by Gasteiger charge is -2.23. The van der Waals surface area contributed by atoms with Gasteiger partial charge >= 0.3 is 0 Å². The number of rotatable bonds is 2. The summed E-state index contributed by atoms with van der Waals surface area (Å²) in [4.78, 5) is 0. The number of hydrogen-bond donors (Lipinski definition) is 1. The van der Waals surface area contributed by atoms with E-state index in [-0.39, 0.29) is 0 Å². The van der Waals surface area contributed by atoms with Gasteiger partial charge in [0.25, 0.3) is 0 Å². The van der Waals surface area contributed by atoms with Crippen molar-refractivity contribution in [2.75, 3.05) is 20.2 Å². The molecular weight excluding hydrogens is 214 g/mol. The Morgan fingerprint density at radius 1 is 1.29 bits per heavy atom. The number of furan rings is 1. The van der Waals surface area contributed by atoms with E-state index in [4.69, 9.17) is 9.15 Å². The van der Waals surface area contributed by atoms with Crippen molar-refractivity contribution in [3.63, 3.8) is 0 Å². The average Bonchev–Trinajstić information content (AvgIpc) is 2.86. The lowest BCUT2D eigenvalue weighted by Crippen LogP contribution is -2.26. The summed E-state index contributed by atoms with van der Waals surface area (Å²) in [6.07, 6.45) is 4.12. The summed E-state index contributed by atoms with van der Waals surface area (Å²) in [5, 5.41) is 4.53. The molecule has 3 nitrogen and oxygen atoms in total. The number of fused-ring (bicyclic) bond motifs is 1. The van der Waals surface area contributed by atoms with Crippen LogP contribution in [0, 0.1) is 0 Å². The SMILES string of the molecule is COc1cc(C2CCNCC2)cc2ccoc12. The number of hydrogen-bond acceptors (Lipinski definition) is 3. The van der Waals surface area contributed by atoms with Gasteiger partial charge in [-0.25, -0.2) is 0 Å². The van der Waals surface area contributed by atoms with Crippen LogP contribution in [0.15, 0.2) is 28.9 Å². The Morgan fingerprint density at radius 2 is 2.12 bits per heavy atom. The number of piperidine rings is 1. The Hall–Kier alpha value is -1.48. The molecule has 0 unspecified atom stereocenters. The maximum absolute atomic E-state index is 5.44. The molecule has 1 saturated heterocycles. The molecule has 1 aliphatic heterocycles. The van der Waals surface area contributed by atoms with E-state index in [1.54, 1.807) is 13.4 Å². The lowest BCUT2D eigenvalue weighted by atomic mass is 9.89. The minimum atomic E-state index is 0.643. The minimum absolute atomic E-state index is 0.643. The maximum atomic E-state index is 5.44. The molecule has 1 aliphatic rings. The van der Waals surface area contributed by atoms with Gasteiger partial charge < -0.3 is 14.5 Å². The molecule has 3 rings (SSSR count). The van der Waals surface area contributed by atoms with Gasteiger partial charge in [-0.2, -0.15) is 0 Å². The first-order valence-corrected chi connectivity index (χ1v) is 6.14. The Balaban J connectivity index is 2.03. The molecule has 17 heavy (non-hydrogen) atoms. The van der Waals surface area contributed by atoms with Crippen LogP contribution in [0.25, 0.3) is 11.0 Å². The summed E-state index contributed by atoms with van der Waals surface area (Å²) in [5.41, 5.74) is 2.22. The zero-order valence-electron chi connectivity index (χ0n) is 10.0.